The number of hydrogen-bond donors (Lipinski definition) is 2. The third-order valence-electron chi connectivity index (χ3n) is 1.09. The van der Waals surface area contributed by atoms with Crippen molar-refractivity contribution in [2.24, 2.45) is 10.9 Å². The molecule has 10 heavy (non-hydrogen) atoms. The lowest BCUT2D eigenvalue weighted by Crippen LogP contribution is -2.10. The lowest BCUT2D eigenvalue weighted by atomic mass is 10.4. The third kappa shape index (κ3) is 5.53. The molecule has 0 unspecified atom stereocenters. The molecule has 0 aliphatic carbocycles. The van der Waals surface area contributed by atoms with Gasteiger partial charge in [-0.1, -0.05) is 0 Å². The van der Waals surface area contributed by atoms with Crippen LogP contribution < -0.4 is 11.2 Å². The minimum atomic E-state index is 0.538. The molecular weight excluding hydrogens is 130 g/mol. The van der Waals surface area contributed by atoms with Gasteiger partial charge in [0, 0.05) is 13.5 Å². The van der Waals surface area contributed by atoms with Gasteiger partial charge in [-0.15, -0.1) is 0 Å². The molecule has 0 rings (SSSR count). The van der Waals surface area contributed by atoms with Gasteiger partial charge in [0.1, 0.15) is 0 Å². The minimum Gasteiger partial charge on any atom is -0.397 e. The van der Waals surface area contributed by atoms with Gasteiger partial charge in [-0.3, -0.25) is 4.99 Å². The summed E-state index contributed by atoms with van der Waals surface area (Å²) in [7, 11) is 1.91. The van der Waals surface area contributed by atoms with Crippen LogP contribution in [0.5, 0.6) is 0 Å². The Balaban J connectivity index is 3.16. The molecule has 4 heteroatoms. The van der Waals surface area contributed by atoms with Crippen molar-refractivity contribution in [3.8, 4) is 0 Å². The normalized spacial score (nSPS) is 11.7. The fraction of sp³-hybridized carbons (Fsp3) is 0.833. The Bertz CT molecular complexity index is 103. The van der Waals surface area contributed by atoms with Crippen molar-refractivity contribution in [3.63, 3.8) is 0 Å². The second-order valence-electron chi connectivity index (χ2n) is 1.98. The fourth-order valence-corrected chi connectivity index (χ4v) is 0.530. The van der Waals surface area contributed by atoms with Crippen LogP contribution in [0.4, 0.5) is 0 Å². The first-order valence-corrected chi connectivity index (χ1v) is 3.33. The highest BCUT2D eigenvalue weighted by molar-refractivity contribution is 5.72. The quantitative estimate of drug-likeness (QED) is 0.251. The molecule has 0 aliphatic heterocycles. The standard InChI is InChI=1S/C6H15N3O/c1-6(10-7)9-5-3-4-8-2/h8H,3-5,7H2,1-2H3. The summed E-state index contributed by atoms with van der Waals surface area (Å²) < 4.78 is 0. The molecule has 0 aromatic carbocycles. The Hall–Kier alpha value is -0.610. The van der Waals surface area contributed by atoms with Crippen LogP contribution in [0.3, 0.4) is 0 Å². The van der Waals surface area contributed by atoms with E-state index >= 15 is 0 Å². The van der Waals surface area contributed by atoms with Gasteiger partial charge < -0.3 is 10.2 Å². The van der Waals surface area contributed by atoms with E-state index in [1.807, 2.05) is 7.05 Å². The summed E-state index contributed by atoms with van der Waals surface area (Å²) >= 11 is 0. The van der Waals surface area contributed by atoms with Crippen LogP contribution in [0.2, 0.25) is 0 Å². The third-order valence-corrected chi connectivity index (χ3v) is 1.09. The van der Waals surface area contributed by atoms with Gasteiger partial charge in [-0.05, 0) is 20.0 Å². The van der Waals surface area contributed by atoms with Gasteiger partial charge in [0.25, 0.3) is 0 Å². The molecule has 0 spiro atoms. The highest BCUT2D eigenvalue weighted by atomic mass is 16.6. The molecule has 0 fully saturated rings. The predicted octanol–water partition coefficient (Wildman–Crippen LogP) is -0.0954. The van der Waals surface area contributed by atoms with Gasteiger partial charge in [0.05, 0.1) is 0 Å². The van der Waals surface area contributed by atoms with E-state index in [-0.39, 0.29) is 0 Å². The highest BCUT2D eigenvalue weighted by Crippen LogP contribution is 1.81. The number of nitrogens with two attached hydrogens (primary N) is 1. The number of hydrogen-bond acceptors (Lipinski definition) is 4. The Morgan fingerprint density at radius 3 is 2.90 bits per heavy atom. The lowest BCUT2D eigenvalue weighted by Gasteiger charge is -1.96. The fourth-order valence-electron chi connectivity index (χ4n) is 0.530. The van der Waals surface area contributed by atoms with Crippen molar-refractivity contribution in [3.05, 3.63) is 0 Å². The smallest absolute Gasteiger partial charge is 0.205 e. The lowest BCUT2D eigenvalue weighted by molar-refractivity contribution is 0.316. The Morgan fingerprint density at radius 1 is 1.70 bits per heavy atom. The molecule has 0 aromatic heterocycles. The molecule has 0 atom stereocenters. The molecule has 0 amide bonds. The molecule has 0 saturated carbocycles. The van der Waals surface area contributed by atoms with E-state index in [4.69, 9.17) is 5.90 Å². The van der Waals surface area contributed by atoms with Crippen LogP contribution in [0.25, 0.3) is 0 Å². The van der Waals surface area contributed by atoms with E-state index in [2.05, 4.69) is 15.1 Å². The van der Waals surface area contributed by atoms with E-state index in [0.29, 0.717) is 5.90 Å². The van der Waals surface area contributed by atoms with Crippen LogP contribution in [0.1, 0.15) is 13.3 Å². The van der Waals surface area contributed by atoms with Crippen molar-refractivity contribution < 1.29 is 4.84 Å². The zero-order chi connectivity index (χ0) is 7.82. The minimum absolute atomic E-state index is 0.538. The van der Waals surface area contributed by atoms with Crippen molar-refractivity contribution in [1.29, 1.82) is 0 Å². The molecular formula is C6H15N3O. The van der Waals surface area contributed by atoms with Gasteiger partial charge in [-0.25, -0.2) is 0 Å². The van der Waals surface area contributed by atoms with E-state index < -0.39 is 0 Å². The van der Waals surface area contributed by atoms with Crippen LogP contribution in [-0.2, 0) is 4.84 Å². The van der Waals surface area contributed by atoms with Crippen LogP contribution in [0.15, 0.2) is 4.99 Å². The summed E-state index contributed by atoms with van der Waals surface area (Å²) in [4.78, 5) is 8.37. The Labute approximate surface area is 61.4 Å². The van der Waals surface area contributed by atoms with E-state index in [1.165, 1.54) is 0 Å². The molecule has 60 valence electrons. The first-order valence-electron chi connectivity index (χ1n) is 3.33. The summed E-state index contributed by atoms with van der Waals surface area (Å²) in [6, 6.07) is 0. The molecule has 0 saturated heterocycles. The molecule has 4 nitrogen and oxygen atoms in total. The van der Waals surface area contributed by atoms with E-state index in [1.54, 1.807) is 6.92 Å². The molecule has 0 bridgehead atoms. The van der Waals surface area contributed by atoms with E-state index in [9.17, 15) is 0 Å². The maximum absolute atomic E-state index is 4.84. The predicted molar refractivity (Wildman–Crippen MR) is 41.8 cm³/mol. The van der Waals surface area contributed by atoms with Crippen molar-refractivity contribution in [2.75, 3.05) is 20.1 Å². The average Bonchev–Trinajstić information content (AvgIpc) is 1.98. The monoisotopic (exact) mass is 145 g/mol. The maximum Gasteiger partial charge on any atom is 0.205 e. The number of nitrogens with zero attached hydrogens (tertiary/aromatic N) is 1. The first kappa shape index (κ1) is 9.39. The average molecular weight is 145 g/mol. The van der Waals surface area contributed by atoms with Gasteiger partial charge in [0.2, 0.25) is 5.90 Å². The molecule has 3 N–H and O–H groups in total. The van der Waals surface area contributed by atoms with E-state index in [0.717, 1.165) is 19.5 Å². The summed E-state index contributed by atoms with van der Waals surface area (Å²) in [6.07, 6.45) is 1.01. The topological polar surface area (TPSA) is 59.6 Å². The van der Waals surface area contributed by atoms with Gasteiger partial charge >= 0.3 is 0 Å². The van der Waals surface area contributed by atoms with Crippen molar-refractivity contribution in [2.45, 2.75) is 13.3 Å². The van der Waals surface area contributed by atoms with Crippen molar-refractivity contribution >= 4 is 5.90 Å². The highest BCUT2D eigenvalue weighted by Gasteiger charge is 1.85. The molecule has 0 aromatic rings. The molecule has 0 aliphatic rings. The number of nitrogens with one attached hydrogen (secondary N) is 1. The maximum atomic E-state index is 4.84. The summed E-state index contributed by atoms with van der Waals surface area (Å²) in [5, 5.41) is 3.02. The first-order chi connectivity index (χ1) is 4.81. The Kier molecular flexibility index (Phi) is 6.11. The summed E-state index contributed by atoms with van der Waals surface area (Å²) in [5.74, 6) is 5.38. The number of rotatable bonds is 4. The second-order valence-corrected chi connectivity index (χ2v) is 1.98. The summed E-state index contributed by atoms with van der Waals surface area (Å²) in [5.41, 5.74) is 0. The molecule has 0 heterocycles. The second kappa shape index (κ2) is 6.51. The van der Waals surface area contributed by atoms with Gasteiger partial charge in [-0.2, -0.15) is 5.90 Å². The van der Waals surface area contributed by atoms with Crippen LogP contribution >= 0.6 is 0 Å². The Morgan fingerprint density at radius 2 is 2.40 bits per heavy atom. The summed E-state index contributed by atoms with van der Waals surface area (Å²) in [6.45, 7) is 3.48. The molecule has 0 radical (unpaired) electrons. The van der Waals surface area contributed by atoms with Crippen LogP contribution in [-0.4, -0.2) is 26.0 Å². The van der Waals surface area contributed by atoms with Gasteiger partial charge in [0.15, 0.2) is 0 Å². The van der Waals surface area contributed by atoms with Crippen molar-refractivity contribution in [1.82, 2.24) is 5.32 Å². The SMILES string of the molecule is CNCCCN=C(C)ON. The zero-order valence-corrected chi connectivity index (χ0v) is 6.55. The zero-order valence-electron chi connectivity index (χ0n) is 6.55. The van der Waals surface area contributed by atoms with Crippen LogP contribution in [0, 0.1) is 0 Å². The number of aliphatic imine (C=N–C) groups is 1. The largest absolute Gasteiger partial charge is 0.397 e.